The van der Waals surface area contributed by atoms with E-state index in [1.54, 1.807) is 24.1 Å². The van der Waals surface area contributed by atoms with Gasteiger partial charge >= 0.3 is 0 Å². The minimum Gasteiger partial charge on any atom is -0.495 e. The number of carbonyl (C=O) groups excluding carboxylic acids is 1. The van der Waals surface area contributed by atoms with Gasteiger partial charge in [0.25, 0.3) is 0 Å². The standard InChI is InChI=1S/C25H21ClFN3O2/c1-32-23-12-5-4-11-22(23)29-14-16(13-24(29)31)25-28-20-9-2-3-10-21(20)30(25)15-17-18(26)7-6-8-19(17)27/h2-12,16H,13-15H2,1H3/t16-/m1/s1. The first-order valence-electron chi connectivity index (χ1n) is 10.4. The zero-order chi connectivity index (χ0) is 22.2. The summed E-state index contributed by atoms with van der Waals surface area (Å²) < 4.78 is 22.0. The Morgan fingerprint density at radius 1 is 1.09 bits per heavy atom. The predicted octanol–water partition coefficient (Wildman–Crippen LogP) is 5.41. The number of amides is 1. The molecule has 1 atom stereocenters. The first kappa shape index (κ1) is 20.5. The van der Waals surface area contributed by atoms with Gasteiger partial charge in [0.2, 0.25) is 5.91 Å². The van der Waals surface area contributed by atoms with Crippen molar-refractivity contribution in [3.8, 4) is 5.75 Å². The Hall–Kier alpha value is -3.38. The Morgan fingerprint density at radius 2 is 1.88 bits per heavy atom. The molecule has 32 heavy (non-hydrogen) atoms. The van der Waals surface area contributed by atoms with Crippen LogP contribution in [-0.4, -0.2) is 29.1 Å². The molecule has 5 rings (SSSR count). The van der Waals surface area contributed by atoms with E-state index in [-0.39, 0.29) is 24.2 Å². The largest absolute Gasteiger partial charge is 0.495 e. The first-order chi connectivity index (χ1) is 15.6. The van der Waals surface area contributed by atoms with Gasteiger partial charge in [0.1, 0.15) is 17.4 Å². The molecule has 1 aliphatic rings. The zero-order valence-electron chi connectivity index (χ0n) is 17.5. The Bertz CT molecular complexity index is 1300. The number of nitrogens with zero attached hydrogens (tertiary/aromatic N) is 3. The number of para-hydroxylation sites is 4. The van der Waals surface area contributed by atoms with E-state index in [1.165, 1.54) is 6.07 Å². The van der Waals surface area contributed by atoms with Gasteiger partial charge in [0, 0.05) is 29.5 Å². The van der Waals surface area contributed by atoms with E-state index < -0.39 is 0 Å². The second-order valence-electron chi connectivity index (χ2n) is 7.82. The van der Waals surface area contributed by atoms with E-state index in [0.29, 0.717) is 29.3 Å². The summed E-state index contributed by atoms with van der Waals surface area (Å²) in [6.07, 6.45) is 0.312. The zero-order valence-corrected chi connectivity index (χ0v) is 18.2. The summed E-state index contributed by atoms with van der Waals surface area (Å²) in [5.41, 5.74) is 2.83. The molecule has 0 radical (unpaired) electrons. The van der Waals surface area contributed by atoms with Gasteiger partial charge in [0.05, 0.1) is 30.4 Å². The molecule has 7 heteroatoms. The molecular weight excluding hydrogens is 429 g/mol. The average molecular weight is 450 g/mol. The monoisotopic (exact) mass is 449 g/mol. The van der Waals surface area contributed by atoms with E-state index in [2.05, 4.69) is 0 Å². The quantitative estimate of drug-likeness (QED) is 0.409. The van der Waals surface area contributed by atoms with Crippen LogP contribution in [0.5, 0.6) is 5.75 Å². The Morgan fingerprint density at radius 3 is 2.69 bits per heavy atom. The molecule has 4 aromatic rings. The van der Waals surface area contributed by atoms with Gasteiger partial charge in [-0.3, -0.25) is 4.79 Å². The number of imidazole rings is 1. The maximum atomic E-state index is 14.6. The van der Waals surface area contributed by atoms with Crippen molar-refractivity contribution in [1.29, 1.82) is 0 Å². The Kier molecular flexibility index (Phi) is 5.31. The SMILES string of the molecule is COc1ccccc1N1C[C@H](c2nc3ccccc3n2Cc2c(F)cccc2Cl)CC1=O. The maximum Gasteiger partial charge on any atom is 0.227 e. The molecule has 0 bridgehead atoms. The highest BCUT2D eigenvalue weighted by Crippen LogP contribution is 2.37. The highest BCUT2D eigenvalue weighted by Gasteiger charge is 2.36. The fourth-order valence-corrected chi connectivity index (χ4v) is 4.60. The Labute approximate surface area is 190 Å². The summed E-state index contributed by atoms with van der Waals surface area (Å²) in [5, 5.41) is 0.367. The van der Waals surface area contributed by atoms with Crippen LogP contribution in [-0.2, 0) is 11.3 Å². The number of hydrogen-bond acceptors (Lipinski definition) is 3. The molecular formula is C25H21ClFN3O2. The minimum atomic E-state index is -0.362. The second kappa shape index (κ2) is 8.28. The third-order valence-corrected chi connectivity index (χ3v) is 6.28. The van der Waals surface area contributed by atoms with E-state index in [4.69, 9.17) is 21.3 Å². The molecule has 0 spiro atoms. The number of ether oxygens (including phenoxy) is 1. The lowest BCUT2D eigenvalue weighted by molar-refractivity contribution is -0.117. The average Bonchev–Trinajstić information content (AvgIpc) is 3.36. The lowest BCUT2D eigenvalue weighted by Gasteiger charge is -2.20. The van der Waals surface area contributed by atoms with Crippen LogP contribution in [0.15, 0.2) is 66.7 Å². The van der Waals surface area contributed by atoms with Crippen molar-refractivity contribution in [2.45, 2.75) is 18.9 Å². The van der Waals surface area contributed by atoms with Crippen LogP contribution in [0.4, 0.5) is 10.1 Å². The molecule has 0 aliphatic carbocycles. The predicted molar refractivity (Wildman–Crippen MR) is 123 cm³/mol. The summed E-state index contributed by atoms with van der Waals surface area (Å²) in [6.45, 7) is 0.703. The first-order valence-corrected chi connectivity index (χ1v) is 10.8. The molecule has 5 nitrogen and oxygen atoms in total. The van der Waals surface area contributed by atoms with Crippen molar-refractivity contribution in [3.05, 3.63) is 89.0 Å². The number of anilines is 1. The molecule has 2 heterocycles. The van der Waals surface area contributed by atoms with Crippen LogP contribution in [0.2, 0.25) is 5.02 Å². The van der Waals surface area contributed by atoms with Gasteiger partial charge in [0.15, 0.2) is 0 Å². The molecule has 162 valence electrons. The third kappa shape index (κ3) is 3.50. The molecule has 0 saturated carbocycles. The van der Waals surface area contributed by atoms with Crippen molar-refractivity contribution in [1.82, 2.24) is 9.55 Å². The smallest absolute Gasteiger partial charge is 0.227 e. The van der Waals surface area contributed by atoms with Crippen molar-refractivity contribution in [2.75, 3.05) is 18.6 Å². The number of fused-ring (bicyclic) bond motifs is 1. The fraction of sp³-hybridized carbons (Fsp3) is 0.200. The van der Waals surface area contributed by atoms with Crippen LogP contribution < -0.4 is 9.64 Å². The number of hydrogen-bond donors (Lipinski definition) is 0. The van der Waals surface area contributed by atoms with E-state index in [0.717, 1.165) is 22.5 Å². The van der Waals surface area contributed by atoms with E-state index in [9.17, 15) is 9.18 Å². The Balaban J connectivity index is 1.56. The van der Waals surface area contributed by atoms with Crippen LogP contribution in [0, 0.1) is 5.82 Å². The summed E-state index contributed by atoms with van der Waals surface area (Å²) in [4.78, 5) is 19.6. The molecule has 1 aromatic heterocycles. The molecule has 1 aliphatic heterocycles. The molecule has 1 fully saturated rings. The van der Waals surface area contributed by atoms with Gasteiger partial charge in [-0.25, -0.2) is 9.37 Å². The molecule has 0 unspecified atom stereocenters. The molecule has 0 N–H and O–H groups in total. The lowest BCUT2D eigenvalue weighted by atomic mass is 10.1. The normalized spacial score (nSPS) is 16.2. The minimum absolute atomic E-state index is 0.00188. The molecule has 3 aromatic carbocycles. The van der Waals surface area contributed by atoms with Crippen LogP contribution >= 0.6 is 11.6 Å². The highest BCUT2D eigenvalue weighted by molar-refractivity contribution is 6.31. The summed E-state index contributed by atoms with van der Waals surface area (Å²) in [6, 6.07) is 19.9. The second-order valence-corrected chi connectivity index (χ2v) is 8.23. The summed E-state index contributed by atoms with van der Waals surface area (Å²) in [5.74, 6) is 0.885. The number of rotatable bonds is 5. The third-order valence-electron chi connectivity index (χ3n) is 5.93. The van der Waals surface area contributed by atoms with Crippen molar-refractivity contribution >= 4 is 34.2 Å². The number of benzene rings is 3. The summed E-state index contributed by atoms with van der Waals surface area (Å²) in [7, 11) is 1.59. The van der Waals surface area contributed by atoms with Crippen molar-refractivity contribution in [2.24, 2.45) is 0 Å². The van der Waals surface area contributed by atoms with Gasteiger partial charge < -0.3 is 14.2 Å². The van der Waals surface area contributed by atoms with Gasteiger partial charge in [-0.2, -0.15) is 0 Å². The summed E-state index contributed by atoms with van der Waals surface area (Å²) >= 11 is 6.32. The number of aromatic nitrogens is 2. The van der Waals surface area contributed by atoms with Crippen LogP contribution in [0.25, 0.3) is 11.0 Å². The fourth-order valence-electron chi connectivity index (χ4n) is 4.38. The van der Waals surface area contributed by atoms with Crippen LogP contribution in [0.3, 0.4) is 0 Å². The van der Waals surface area contributed by atoms with Crippen molar-refractivity contribution < 1.29 is 13.9 Å². The molecule has 1 saturated heterocycles. The maximum absolute atomic E-state index is 14.6. The number of halogens is 2. The van der Waals surface area contributed by atoms with E-state index in [1.807, 2.05) is 53.1 Å². The van der Waals surface area contributed by atoms with Crippen molar-refractivity contribution in [3.63, 3.8) is 0 Å². The topological polar surface area (TPSA) is 47.4 Å². The van der Waals surface area contributed by atoms with Gasteiger partial charge in [-0.1, -0.05) is 41.9 Å². The van der Waals surface area contributed by atoms with Gasteiger partial charge in [-0.05, 0) is 36.4 Å². The molecule has 1 amide bonds. The highest BCUT2D eigenvalue weighted by atomic mass is 35.5. The lowest BCUT2D eigenvalue weighted by Crippen LogP contribution is -2.25. The van der Waals surface area contributed by atoms with Crippen LogP contribution in [0.1, 0.15) is 23.7 Å². The van der Waals surface area contributed by atoms with E-state index >= 15 is 0 Å². The number of carbonyl (C=O) groups is 1. The number of methoxy groups -OCH3 is 1. The van der Waals surface area contributed by atoms with Gasteiger partial charge in [-0.15, -0.1) is 0 Å².